The molecule has 1 N–H and O–H groups in total. The zero-order chi connectivity index (χ0) is 11.7. The lowest BCUT2D eigenvalue weighted by Gasteiger charge is -2.09. The topological polar surface area (TPSA) is 37.8 Å². The molecule has 0 saturated heterocycles. The van der Waals surface area contributed by atoms with Crippen LogP contribution in [0.25, 0.3) is 10.2 Å². The van der Waals surface area contributed by atoms with E-state index >= 15 is 0 Å². The van der Waals surface area contributed by atoms with E-state index in [0.29, 0.717) is 11.3 Å². The number of thiophene rings is 1. The van der Waals surface area contributed by atoms with Crippen molar-refractivity contribution in [3.05, 3.63) is 16.2 Å². The second kappa shape index (κ2) is 4.55. The van der Waals surface area contributed by atoms with Crippen molar-refractivity contribution in [1.29, 1.82) is 0 Å². The van der Waals surface area contributed by atoms with Gasteiger partial charge >= 0.3 is 0 Å². The molecule has 16 heavy (non-hydrogen) atoms. The van der Waals surface area contributed by atoms with E-state index in [9.17, 15) is 0 Å². The van der Waals surface area contributed by atoms with Crippen LogP contribution in [-0.2, 0) is 6.42 Å². The summed E-state index contributed by atoms with van der Waals surface area (Å²) in [5, 5.41) is 4.67. The van der Waals surface area contributed by atoms with Crippen LogP contribution in [0.5, 0.6) is 0 Å². The molecule has 0 amide bonds. The maximum Gasteiger partial charge on any atom is 0.225 e. The zero-order valence-corrected chi connectivity index (χ0v) is 11.1. The molecule has 86 valence electrons. The first-order chi connectivity index (χ1) is 7.60. The minimum Gasteiger partial charge on any atom is -0.367 e. The number of halogens is 1. The fourth-order valence-electron chi connectivity index (χ4n) is 1.50. The molecule has 5 heteroatoms. The second-order valence-electron chi connectivity index (χ2n) is 3.93. The van der Waals surface area contributed by atoms with Gasteiger partial charge in [-0.2, -0.15) is 0 Å². The highest BCUT2D eigenvalue weighted by molar-refractivity contribution is 7.18. The van der Waals surface area contributed by atoms with Crippen LogP contribution < -0.4 is 5.32 Å². The molecule has 0 atom stereocenters. The van der Waals surface area contributed by atoms with Crippen molar-refractivity contribution in [3.8, 4) is 0 Å². The molecule has 0 bridgehead atoms. The predicted molar refractivity (Wildman–Crippen MR) is 70.6 cm³/mol. The van der Waals surface area contributed by atoms with Crippen LogP contribution >= 0.6 is 22.9 Å². The number of rotatable bonds is 3. The Morgan fingerprint density at radius 1 is 1.44 bits per heavy atom. The van der Waals surface area contributed by atoms with Crippen LogP contribution in [0, 0.1) is 0 Å². The lowest BCUT2D eigenvalue weighted by molar-refractivity contribution is 0.890. The van der Waals surface area contributed by atoms with Crippen molar-refractivity contribution in [2.45, 2.75) is 33.2 Å². The van der Waals surface area contributed by atoms with Crippen molar-refractivity contribution in [1.82, 2.24) is 9.97 Å². The average molecular weight is 256 g/mol. The number of aromatic nitrogens is 2. The largest absolute Gasteiger partial charge is 0.367 e. The van der Waals surface area contributed by atoms with Gasteiger partial charge in [0.05, 0.1) is 5.39 Å². The summed E-state index contributed by atoms with van der Waals surface area (Å²) >= 11 is 7.58. The van der Waals surface area contributed by atoms with Gasteiger partial charge in [0.2, 0.25) is 5.28 Å². The van der Waals surface area contributed by atoms with E-state index < -0.39 is 0 Å². The first kappa shape index (κ1) is 11.6. The van der Waals surface area contributed by atoms with E-state index in [-0.39, 0.29) is 0 Å². The molecular formula is C11H14ClN3S. The minimum absolute atomic E-state index is 0.306. The maximum atomic E-state index is 5.90. The molecule has 2 aromatic rings. The van der Waals surface area contributed by atoms with Crippen molar-refractivity contribution in [2.24, 2.45) is 0 Å². The van der Waals surface area contributed by atoms with Gasteiger partial charge in [0.25, 0.3) is 0 Å². The highest BCUT2D eigenvalue weighted by atomic mass is 35.5. The maximum absolute atomic E-state index is 5.90. The molecule has 0 saturated carbocycles. The third-order valence-corrected chi connectivity index (χ3v) is 3.53. The molecule has 2 heterocycles. The molecule has 0 aromatic carbocycles. The summed E-state index contributed by atoms with van der Waals surface area (Å²) in [5.41, 5.74) is 0. The van der Waals surface area contributed by atoms with Crippen LogP contribution in [0.15, 0.2) is 6.07 Å². The van der Waals surface area contributed by atoms with E-state index in [1.807, 2.05) is 0 Å². The molecule has 0 aliphatic rings. The number of hydrogen-bond acceptors (Lipinski definition) is 4. The fourth-order valence-corrected chi connectivity index (χ4v) is 2.69. The summed E-state index contributed by atoms with van der Waals surface area (Å²) in [6, 6.07) is 2.47. The van der Waals surface area contributed by atoms with Crippen LogP contribution in [0.4, 0.5) is 5.82 Å². The smallest absolute Gasteiger partial charge is 0.225 e. The highest BCUT2D eigenvalue weighted by Gasteiger charge is 2.10. The Balaban J connectivity index is 2.56. The lowest BCUT2D eigenvalue weighted by Crippen LogP contribution is -2.11. The van der Waals surface area contributed by atoms with Crippen LogP contribution in [0.2, 0.25) is 5.28 Å². The van der Waals surface area contributed by atoms with Gasteiger partial charge < -0.3 is 5.32 Å². The molecule has 2 rings (SSSR count). The SMILES string of the molecule is CCc1cc2c(NC(C)C)nc(Cl)nc2s1. The van der Waals surface area contributed by atoms with Crippen molar-refractivity contribution in [3.63, 3.8) is 0 Å². The molecular weight excluding hydrogens is 242 g/mol. The van der Waals surface area contributed by atoms with E-state index in [1.54, 1.807) is 11.3 Å². The highest BCUT2D eigenvalue weighted by Crippen LogP contribution is 2.30. The third kappa shape index (κ3) is 2.28. The van der Waals surface area contributed by atoms with Crippen LogP contribution in [0.3, 0.4) is 0 Å². The minimum atomic E-state index is 0.306. The Morgan fingerprint density at radius 3 is 2.81 bits per heavy atom. The summed E-state index contributed by atoms with van der Waals surface area (Å²) in [5.74, 6) is 0.834. The number of fused-ring (bicyclic) bond motifs is 1. The van der Waals surface area contributed by atoms with Crippen LogP contribution in [0.1, 0.15) is 25.6 Å². The molecule has 0 aliphatic carbocycles. The molecule has 2 aromatic heterocycles. The van der Waals surface area contributed by atoms with E-state index in [0.717, 1.165) is 22.5 Å². The number of anilines is 1. The van der Waals surface area contributed by atoms with Crippen molar-refractivity contribution < 1.29 is 0 Å². The van der Waals surface area contributed by atoms with Gasteiger partial charge in [-0.25, -0.2) is 9.97 Å². The standard InChI is InChI=1S/C11H14ClN3S/c1-4-7-5-8-9(13-6(2)3)14-11(12)15-10(8)16-7/h5-6H,4H2,1-3H3,(H,13,14,15). The predicted octanol–water partition coefficient (Wildman–Crippen LogP) is 3.73. The molecule has 3 nitrogen and oxygen atoms in total. The van der Waals surface area contributed by atoms with Gasteiger partial charge in [-0.15, -0.1) is 11.3 Å². The molecule has 0 aliphatic heterocycles. The summed E-state index contributed by atoms with van der Waals surface area (Å²) in [7, 11) is 0. The Hall–Kier alpha value is -0.870. The normalized spacial score (nSPS) is 11.3. The van der Waals surface area contributed by atoms with Crippen molar-refractivity contribution in [2.75, 3.05) is 5.32 Å². The van der Waals surface area contributed by atoms with E-state index in [4.69, 9.17) is 11.6 Å². The quantitative estimate of drug-likeness (QED) is 0.850. The lowest BCUT2D eigenvalue weighted by atomic mass is 10.3. The van der Waals surface area contributed by atoms with Gasteiger partial charge in [0, 0.05) is 10.9 Å². The molecule has 0 unspecified atom stereocenters. The molecule has 0 radical (unpaired) electrons. The second-order valence-corrected chi connectivity index (χ2v) is 5.38. The number of hydrogen-bond donors (Lipinski definition) is 1. The van der Waals surface area contributed by atoms with Crippen LogP contribution in [-0.4, -0.2) is 16.0 Å². The van der Waals surface area contributed by atoms with E-state index in [1.165, 1.54) is 4.88 Å². The average Bonchev–Trinajstić information content (AvgIpc) is 2.59. The van der Waals surface area contributed by atoms with E-state index in [2.05, 4.69) is 42.1 Å². The molecule has 0 fully saturated rings. The summed E-state index contributed by atoms with van der Waals surface area (Å²) in [6.07, 6.45) is 1.01. The summed E-state index contributed by atoms with van der Waals surface area (Å²) in [4.78, 5) is 10.7. The van der Waals surface area contributed by atoms with Gasteiger partial charge in [-0.05, 0) is 37.9 Å². The van der Waals surface area contributed by atoms with Gasteiger partial charge in [-0.3, -0.25) is 0 Å². The number of aryl methyl sites for hydroxylation is 1. The first-order valence-electron chi connectivity index (χ1n) is 5.32. The Morgan fingerprint density at radius 2 is 2.19 bits per heavy atom. The van der Waals surface area contributed by atoms with Gasteiger partial charge in [0.1, 0.15) is 10.6 Å². The fraction of sp³-hybridized carbons (Fsp3) is 0.455. The molecule has 0 spiro atoms. The number of nitrogens with zero attached hydrogens (tertiary/aromatic N) is 2. The Labute approximate surface area is 104 Å². The summed E-state index contributed by atoms with van der Waals surface area (Å²) < 4.78 is 0. The monoisotopic (exact) mass is 255 g/mol. The van der Waals surface area contributed by atoms with Gasteiger partial charge in [-0.1, -0.05) is 6.92 Å². The van der Waals surface area contributed by atoms with Crippen molar-refractivity contribution >= 4 is 39.0 Å². The summed E-state index contributed by atoms with van der Waals surface area (Å²) in [6.45, 7) is 6.29. The first-order valence-corrected chi connectivity index (χ1v) is 6.52. The Kier molecular flexibility index (Phi) is 3.30. The van der Waals surface area contributed by atoms with Gasteiger partial charge in [0.15, 0.2) is 0 Å². The number of nitrogens with one attached hydrogen (secondary N) is 1. The zero-order valence-electron chi connectivity index (χ0n) is 9.54. The Bertz CT molecular complexity index is 507. The third-order valence-electron chi connectivity index (χ3n) is 2.19.